The average molecular weight is 441 g/mol. The van der Waals surface area contributed by atoms with E-state index in [9.17, 15) is 0 Å². The van der Waals surface area contributed by atoms with Gasteiger partial charge in [-0.3, -0.25) is 4.98 Å². The molecule has 0 amide bonds. The van der Waals surface area contributed by atoms with Crippen molar-refractivity contribution in [1.29, 1.82) is 0 Å². The van der Waals surface area contributed by atoms with Crippen LogP contribution in [0, 0.1) is 6.92 Å². The van der Waals surface area contributed by atoms with Crippen molar-refractivity contribution in [2.75, 3.05) is 12.0 Å². The maximum absolute atomic E-state index is 5.84. The second-order valence-electron chi connectivity index (χ2n) is 7.84. The highest BCUT2D eigenvalue weighted by Crippen LogP contribution is 2.42. The molecule has 5 rings (SSSR count). The highest BCUT2D eigenvalue weighted by atomic mass is 32.1. The van der Waals surface area contributed by atoms with Gasteiger partial charge in [0.2, 0.25) is 0 Å². The SMILES string of the molecule is COc1cccc(N2C(=S)NC(c3ccccn3)C2c2cccn2-c2ccc(C)cc2)c1. The van der Waals surface area contributed by atoms with Crippen LogP contribution in [0.3, 0.4) is 0 Å². The molecule has 2 unspecified atom stereocenters. The molecule has 1 N–H and O–H groups in total. The van der Waals surface area contributed by atoms with Crippen LogP contribution in [-0.4, -0.2) is 21.8 Å². The Morgan fingerprint density at radius 3 is 2.53 bits per heavy atom. The van der Waals surface area contributed by atoms with Gasteiger partial charge in [-0.25, -0.2) is 0 Å². The molecule has 1 aliphatic heterocycles. The Hall–Kier alpha value is -3.64. The number of methoxy groups -OCH3 is 1. The normalized spacial score (nSPS) is 17.9. The molecule has 3 heterocycles. The van der Waals surface area contributed by atoms with Gasteiger partial charge in [-0.05, 0) is 67.7 Å². The Kier molecular flexibility index (Phi) is 5.37. The summed E-state index contributed by atoms with van der Waals surface area (Å²) in [6.07, 6.45) is 3.92. The molecule has 1 aliphatic rings. The van der Waals surface area contributed by atoms with E-state index in [1.165, 1.54) is 5.56 Å². The average Bonchev–Trinajstić information content (AvgIpc) is 3.44. The largest absolute Gasteiger partial charge is 0.497 e. The fourth-order valence-electron chi connectivity index (χ4n) is 4.27. The molecule has 0 radical (unpaired) electrons. The van der Waals surface area contributed by atoms with Crippen LogP contribution in [0.15, 0.2) is 91.3 Å². The van der Waals surface area contributed by atoms with E-state index in [0.29, 0.717) is 5.11 Å². The van der Waals surface area contributed by atoms with Crippen molar-refractivity contribution in [2.24, 2.45) is 0 Å². The number of thiocarbonyl (C=S) groups is 1. The Labute approximate surface area is 193 Å². The smallest absolute Gasteiger partial charge is 0.174 e. The number of hydrogen-bond acceptors (Lipinski definition) is 3. The van der Waals surface area contributed by atoms with Gasteiger partial charge in [0.05, 0.1) is 18.8 Å². The van der Waals surface area contributed by atoms with Crippen LogP contribution in [0.4, 0.5) is 5.69 Å². The summed E-state index contributed by atoms with van der Waals surface area (Å²) in [5.74, 6) is 0.791. The van der Waals surface area contributed by atoms with E-state index in [1.807, 2.05) is 42.6 Å². The van der Waals surface area contributed by atoms with Crippen molar-refractivity contribution >= 4 is 23.0 Å². The Morgan fingerprint density at radius 1 is 0.938 bits per heavy atom. The van der Waals surface area contributed by atoms with Crippen molar-refractivity contribution in [2.45, 2.75) is 19.0 Å². The number of pyridine rings is 1. The predicted octanol–water partition coefficient (Wildman–Crippen LogP) is 5.37. The first-order valence-electron chi connectivity index (χ1n) is 10.5. The fraction of sp³-hybridized carbons (Fsp3) is 0.154. The maximum atomic E-state index is 5.84. The van der Waals surface area contributed by atoms with E-state index in [1.54, 1.807) is 7.11 Å². The fourth-order valence-corrected chi connectivity index (χ4v) is 4.62. The maximum Gasteiger partial charge on any atom is 0.174 e. The molecule has 1 fully saturated rings. The van der Waals surface area contributed by atoms with Gasteiger partial charge in [-0.1, -0.05) is 29.8 Å². The molecule has 5 nitrogen and oxygen atoms in total. The van der Waals surface area contributed by atoms with Gasteiger partial charge in [-0.15, -0.1) is 0 Å². The number of benzene rings is 2. The molecule has 0 bridgehead atoms. The van der Waals surface area contributed by atoms with Crippen LogP contribution in [0.25, 0.3) is 5.69 Å². The van der Waals surface area contributed by atoms with Gasteiger partial charge in [-0.2, -0.15) is 0 Å². The van der Waals surface area contributed by atoms with Crippen LogP contribution in [0.5, 0.6) is 5.75 Å². The summed E-state index contributed by atoms with van der Waals surface area (Å²) in [6, 6.07) is 26.6. The lowest BCUT2D eigenvalue weighted by atomic mass is 10.0. The topological polar surface area (TPSA) is 42.3 Å². The number of nitrogens with one attached hydrogen (secondary N) is 1. The van der Waals surface area contributed by atoms with E-state index in [2.05, 4.69) is 75.4 Å². The lowest BCUT2D eigenvalue weighted by molar-refractivity contribution is 0.414. The lowest BCUT2D eigenvalue weighted by Crippen LogP contribution is -2.30. The number of anilines is 1. The minimum absolute atomic E-state index is 0.0965. The van der Waals surface area contributed by atoms with Crippen LogP contribution >= 0.6 is 12.2 Å². The third kappa shape index (κ3) is 3.63. The lowest BCUT2D eigenvalue weighted by Gasteiger charge is -2.29. The molecule has 0 saturated carbocycles. The van der Waals surface area contributed by atoms with Crippen LogP contribution in [0.2, 0.25) is 0 Å². The molecular weight excluding hydrogens is 416 g/mol. The molecular formula is C26H24N4OS. The van der Waals surface area contributed by atoms with Crippen LogP contribution in [-0.2, 0) is 0 Å². The van der Waals surface area contributed by atoms with E-state index >= 15 is 0 Å². The van der Waals surface area contributed by atoms with Crippen molar-refractivity contribution in [3.8, 4) is 11.4 Å². The van der Waals surface area contributed by atoms with Gasteiger partial charge in [0.15, 0.2) is 5.11 Å². The summed E-state index contributed by atoms with van der Waals surface area (Å²) in [4.78, 5) is 6.81. The van der Waals surface area contributed by atoms with E-state index in [4.69, 9.17) is 17.0 Å². The van der Waals surface area contributed by atoms with Crippen LogP contribution in [0.1, 0.15) is 29.0 Å². The number of hydrogen-bond donors (Lipinski definition) is 1. The molecule has 4 aromatic rings. The molecule has 160 valence electrons. The Balaban J connectivity index is 1.66. The first-order chi connectivity index (χ1) is 15.7. The minimum atomic E-state index is -0.103. The first-order valence-corrected chi connectivity index (χ1v) is 11.0. The molecule has 2 aromatic heterocycles. The molecule has 2 aromatic carbocycles. The van der Waals surface area contributed by atoms with Crippen molar-refractivity contribution < 1.29 is 4.74 Å². The third-order valence-electron chi connectivity index (χ3n) is 5.83. The predicted molar refractivity (Wildman–Crippen MR) is 131 cm³/mol. The highest BCUT2D eigenvalue weighted by Gasteiger charge is 2.42. The van der Waals surface area contributed by atoms with Crippen molar-refractivity contribution in [3.63, 3.8) is 0 Å². The van der Waals surface area contributed by atoms with E-state index < -0.39 is 0 Å². The minimum Gasteiger partial charge on any atom is -0.497 e. The zero-order chi connectivity index (χ0) is 22.1. The zero-order valence-corrected chi connectivity index (χ0v) is 18.8. The van der Waals surface area contributed by atoms with Gasteiger partial charge in [0.1, 0.15) is 11.8 Å². The molecule has 2 atom stereocenters. The molecule has 32 heavy (non-hydrogen) atoms. The van der Waals surface area contributed by atoms with Gasteiger partial charge in [0.25, 0.3) is 0 Å². The summed E-state index contributed by atoms with van der Waals surface area (Å²) in [5, 5.41) is 4.19. The quantitative estimate of drug-likeness (QED) is 0.423. The Bertz CT molecular complexity index is 1240. The summed E-state index contributed by atoms with van der Waals surface area (Å²) in [5.41, 5.74) is 5.39. The number of aryl methyl sites for hydroxylation is 1. The van der Waals surface area contributed by atoms with Crippen LogP contribution < -0.4 is 15.0 Å². The summed E-state index contributed by atoms with van der Waals surface area (Å²) in [6.45, 7) is 2.10. The number of aromatic nitrogens is 2. The van der Waals surface area contributed by atoms with Crippen molar-refractivity contribution in [1.82, 2.24) is 14.9 Å². The highest BCUT2D eigenvalue weighted by molar-refractivity contribution is 7.80. The molecule has 0 spiro atoms. The monoisotopic (exact) mass is 440 g/mol. The summed E-state index contributed by atoms with van der Waals surface area (Å²) in [7, 11) is 1.68. The second-order valence-corrected chi connectivity index (χ2v) is 8.22. The summed E-state index contributed by atoms with van der Waals surface area (Å²) < 4.78 is 7.71. The van der Waals surface area contributed by atoms with E-state index in [-0.39, 0.29) is 12.1 Å². The van der Waals surface area contributed by atoms with Crippen molar-refractivity contribution in [3.05, 3.63) is 108 Å². The Morgan fingerprint density at radius 2 is 1.78 bits per heavy atom. The van der Waals surface area contributed by atoms with E-state index in [0.717, 1.165) is 28.5 Å². The zero-order valence-electron chi connectivity index (χ0n) is 18.0. The first kappa shape index (κ1) is 20.3. The standard InChI is InChI=1S/C26H24N4OS/c1-18-11-13-19(14-12-18)29-16-6-10-23(29)25-24(22-9-3-4-15-27-22)28-26(32)30(25)20-7-5-8-21(17-20)31-2/h3-17,24-25H,1-2H3,(H,28,32). The van der Waals surface area contributed by atoms with Gasteiger partial charge in [0, 0.05) is 35.5 Å². The van der Waals surface area contributed by atoms with Gasteiger partial charge >= 0.3 is 0 Å². The number of ether oxygens (including phenoxy) is 1. The number of rotatable bonds is 5. The molecule has 1 saturated heterocycles. The number of nitrogens with zero attached hydrogens (tertiary/aromatic N) is 3. The summed E-state index contributed by atoms with van der Waals surface area (Å²) >= 11 is 5.84. The second kappa shape index (κ2) is 8.48. The molecule has 6 heteroatoms. The molecule has 0 aliphatic carbocycles. The van der Waals surface area contributed by atoms with Gasteiger partial charge < -0.3 is 19.5 Å². The third-order valence-corrected chi connectivity index (χ3v) is 6.14.